The fourth-order valence-corrected chi connectivity index (χ4v) is 4.14. The number of rotatable bonds is 11. The molecule has 0 radical (unpaired) electrons. The first-order chi connectivity index (χ1) is 16.9. The monoisotopic (exact) mass is 547 g/mol. The zero-order valence-corrected chi connectivity index (χ0v) is 23.0. The molecule has 2 atom stereocenters. The van der Waals surface area contributed by atoms with Gasteiger partial charge in [0.1, 0.15) is 0 Å². The minimum atomic E-state index is 0. The molecule has 196 valence electrons. The molecule has 2 aromatic carbocycles. The highest BCUT2D eigenvalue weighted by molar-refractivity contribution is 7.98. The Labute approximate surface area is 231 Å². The smallest absolute Gasteiger partial charge is 0.220 e. The van der Waals surface area contributed by atoms with Gasteiger partial charge in [-0.3, -0.25) is 9.78 Å². The molecule has 7 heteroatoms. The van der Waals surface area contributed by atoms with Gasteiger partial charge >= 0.3 is 0 Å². The van der Waals surface area contributed by atoms with Gasteiger partial charge in [-0.2, -0.15) is 0 Å². The molecule has 36 heavy (non-hydrogen) atoms. The van der Waals surface area contributed by atoms with Crippen LogP contribution in [0.3, 0.4) is 0 Å². The van der Waals surface area contributed by atoms with Gasteiger partial charge in [-0.25, -0.2) is 0 Å². The van der Waals surface area contributed by atoms with Crippen LogP contribution in [0.4, 0.5) is 5.69 Å². The van der Waals surface area contributed by atoms with Crippen molar-refractivity contribution in [1.82, 2.24) is 10.3 Å². The van der Waals surface area contributed by atoms with Crippen LogP contribution in [0.5, 0.6) is 0 Å². The van der Waals surface area contributed by atoms with E-state index in [2.05, 4.69) is 41.6 Å². The topological polar surface area (TPSA) is 54.0 Å². The van der Waals surface area contributed by atoms with E-state index in [1.54, 1.807) is 30.2 Å². The summed E-state index contributed by atoms with van der Waals surface area (Å²) in [6, 6.07) is 20.0. The summed E-state index contributed by atoms with van der Waals surface area (Å²) in [5, 5.41) is 7.85. The van der Waals surface area contributed by atoms with Crippen molar-refractivity contribution in [3.05, 3.63) is 88.7 Å². The normalized spacial score (nSPS) is 11.8. The van der Waals surface area contributed by atoms with Crippen LogP contribution >= 0.6 is 35.0 Å². The average molecular weight is 549 g/mol. The molecule has 2 N–H and O–H groups in total. The van der Waals surface area contributed by atoms with Gasteiger partial charge in [-0.1, -0.05) is 81.2 Å². The number of carbonyl (C=O) groups excluding carboxylic acids is 1. The predicted octanol–water partition coefficient (Wildman–Crippen LogP) is 8.40. The summed E-state index contributed by atoms with van der Waals surface area (Å²) in [7, 11) is 0. The number of hydrogen-bond donors (Lipinski definition) is 2. The highest BCUT2D eigenvalue weighted by Crippen LogP contribution is 2.26. The number of halogens is 2. The summed E-state index contributed by atoms with van der Waals surface area (Å²) >= 11 is 13.1. The minimum Gasteiger partial charge on any atom is -0.385 e. The molecule has 3 rings (SSSR count). The molecule has 3 aromatic rings. The third-order valence-corrected chi connectivity index (χ3v) is 7.01. The van der Waals surface area contributed by atoms with E-state index in [4.69, 9.17) is 23.2 Å². The number of anilines is 1. The van der Waals surface area contributed by atoms with Crippen molar-refractivity contribution in [3.63, 3.8) is 0 Å². The van der Waals surface area contributed by atoms with Gasteiger partial charge in [0.25, 0.3) is 0 Å². The van der Waals surface area contributed by atoms with Crippen LogP contribution in [0, 0.1) is 5.92 Å². The second kappa shape index (κ2) is 18.1. The first kappa shape index (κ1) is 31.8. The maximum Gasteiger partial charge on any atom is 0.220 e. The van der Waals surface area contributed by atoms with Crippen molar-refractivity contribution in [2.75, 3.05) is 18.1 Å². The Kier molecular flexibility index (Phi) is 16.0. The molecule has 1 heterocycles. The van der Waals surface area contributed by atoms with Crippen molar-refractivity contribution >= 4 is 46.6 Å². The Morgan fingerprint density at radius 2 is 1.72 bits per heavy atom. The van der Waals surface area contributed by atoms with Crippen molar-refractivity contribution < 1.29 is 4.79 Å². The number of thioether (sulfide) groups is 1. The third kappa shape index (κ3) is 12.7. The van der Waals surface area contributed by atoms with Crippen LogP contribution < -0.4 is 10.6 Å². The molecule has 0 aliphatic rings. The number of nitrogens with one attached hydrogen (secondary N) is 2. The first-order valence-corrected chi connectivity index (χ1v) is 13.9. The lowest BCUT2D eigenvalue weighted by Gasteiger charge is -2.20. The molecular formula is C29H39Cl2N3OS. The second-order valence-corrected chi connectivity index (χ2v) is 10.1. The second-order valence-electron chi connectivity index (χ2n) is 8.40. The van der Waals surface area contributed by atoms with Crippen LogP contribution in [0.15, 0.2) is 78.0 Å². The SMILES string of the molecule is C.CCC(C)CC(=O)NC(CCNc1ccncc1)Cc1ccccc1.CSc1ccc(Cl)c(Cl)c1. The van der Waals surface area contributed by atoms with E-state index in [9.17, 15) is 4.79 Å². The predicted molar refractivity (Wildman–Crippen MR) is 158 cm³/mol. The van der Waals surface area contributed by atoms with Crippen LogP contribution in [-0.2, 0) is 11.2 Å². The number of amides is 1. The Hall–Kier alpha value is -2.21. The largest absolute Gasteiger partial charge is 0.385 e. The Bertz CT molecular complexity index is 1010. The quantitative estimate of drug-likeness (QED) is 0.236. The van der Waals surface area contributed by atoms with E-state index in [-0.39, 0.29) is 19.4 Å². The van der Waals surface area contributed by atoms with Crippen molar-refractivity contribution in [3.8, 4) is 0 Å². The molecule has 4 nitrogen and oxygen atoms in total. The van der Waals surface area contributed by atoms with Gasteiger partial charge in [0, 0.05) is 42.0 Å². The molecule has 1 amide bonds. The molecule has 0 saturated carbocycles. The Balaban J connectivity index is 0.000000495. The van der Waals surface area contributed by atoms with E-state index in [1.165, 1.54) is 5.56 Å². The zero-order chi connectivity index (χ0) is 25.5. The Morgan fingerprint density at radius 3 is 2.33 bits per heavy atom. The van der Waals surface area contributed by atoms with Gasteiger partial charge in [0.05, 0.1) is 10.0 Å². The lowest BCUT2D eigenvalue weighted by molar-refractivity contribution is -0.122. The molecule has 0 saturated heterocycles. The maximum absolute atomic E-state index is 12.3. The maximum atomic E-state index is 12.3. The molecule has 0 fully saturated rings. The van der Waals surface area contributed by atoms with E-state index in [0.717, 1.165) is 36.4 Å². The minimum absolute atomic E-state index is 0. The lowest BCUT2D eigenvalue weighted by atomic mass is 10.0. The van der Waals surface area contributed by atoms with Crippen LogP contribution in [0.2, 0.25) is 10.0 Å². The van der Waals surface area contributed by atoms with Crippen molar-refractivity contribution in [1.29, 1.82) is 0 Å². The molecule has 0 bridgehead atoms. The Morgan fingerprint density at radius 1 is 1.03 bits per heavy atom. The van der Waals surface area contributed by atoms with Crippen LogP contribution in [-0.4, -0.2) is 29.7 Å². The molecule has 0 spiro atoms. The van der Waals surface area contributed by atoms with Gasteiger partial charge in [0.2, 0.25) is 5.91 Å². The number of hydrogen-bond acceptors (Lipinski definition) is 4. The summed E-state index contributed by atoms with van der Waals surface area (Å²) in [6.07, 6.45) is 8.91. The summed E-state index contributed by atoms with van der Waals surface area (Å²) in [5.41, 5.74) is 2.31. The highest BCUT2D eigenvalue weighted by Gasteiger charge is 2.15. The summed E-state index contributed by atoms with van der Waals surface area (Å²) in [6.45, 7) is 5.06. The van der Waals surface area contributed by atoms with Gasteiger partial charge in [0.15, 0.2) is 0 Å². The fraction of sp³-hybridized carbons (Fsp3) is 0.379. The average Bonchev–Trinajstić information content (AvgIpc) is 2.87. The van der Waals surface area contributed by atoms with E-state index in [1.807, 2.05) is 48.7 Å². The van der Waals surface area contributed by atoms with Crippen molar-refractivity contribution in [2.24, 2.45) is 5.92 Å². The third-order valence-electron chi connectivity index (χ3n) is 5.55. The molecule has 2 unspecified atom stereocenters. The van der Waals surface area contributed by atoms with Crippen LogP contribution in [0.1, 0.15) is 46.1 Å². The van der Waals surface area contributed by atoms with E-state index >= 15 is 0 Å². The summed E-state index contributed by atoms with van der Waals surface area (Å²) < 4.78 is 0. The highest BCUT2D eigenvalue weighted by atomic mass is 35.5. The fourth-order valence-electron chi connectivity index (χ4n) is 3.34. The van der Waals surface area contributed by atoms with Crippen molar-refractivity contribution in [2.45, 2.75) is 57.9 Å². The zero-order valence-electron chi connectivity index (χ0n) is 20.6. The first-order valence-electron chi connectivity index (χ1n) is 11.9. The summed E-state index contributed by atoms with van der Waals surface area (Å²) in [4.78, 5) is 17.5. The number of aromatic nitrogens is 1. The van der Waals surface area contributed by atoms with E-state index < -0.39 is 0 Å². The number of benzene rings is 2. The lowest BCUT2D eigenvalue weighted by Crippen LogP contribution is -2.38. The number of carbonyl (C=O) groups is 1. The number of pyridine rings is 1. The van der Waals surface area contributed by atoms with Gasteiger partial charge in [-0.05, 0) is 60.9 Å². The number of nitrogens with zero attached hydrogens (tertiary/aromatic N) is 1. The molecule has 0 aliphatic heterocycles. The van der Waals surface area contributed by atoms with Crippen LogP contribution in [0.25, 0.3) is 0 Å². The van der Waals surface area contributed by atoms with Gasteiger partial charge < -0.3 is 10.6 Å². The summed E-state index contributed by atoms with van der Waals surface area (Å²) in [5.74, 6) is 0.575. The van der Waals surface area contributed by atoms with Gasteiger partial charge in [-0.15, -0.1) is 11.8 Å². The van der Waals surface area contributed by atoms with E-state index in [0.29, 0.717) is 22.4 Å². The molecule has 1 aromatic heterocycles. The molecular weight excluding hydrogens is 509 g/mol. The molecule has 0 aliphatic carbocycles. The standard InChI is InChI=1S/C21H29N3O.C7H6Cl2S.CH4/c1-3-17(2)15-21(25)24-20(16-18-7-5-4-6-8-18)11-14-23-19-9-12-22-13-10-19;1-10-5-2-3-6(8)7(9)4-5;/h4-10,12-13,17,20H,3,11,14-16H2,1-2H3,(H,22,23)(H,24,25);2-4H,1H3;1H4.